The van der Waals surface area contributed by atoms with Crippen molar-refractivity contribution < 1.29 is 9.47 Å². The molecule has 0 saturated carbocycles. The Kier molecular flexibility index (Phi) is 5.97. The quantitative estimate of drug-likeness (QED) is 0.608. The molecule has 3 N–H and O–H groups in total. The van der Waals surface area contributed by atoms with Crippen LogP contribution in [0.4, 0.5) is 5.69 Å². The molecule has 8 heteroatoms. The molecule has 3 heterocycles. The van der Waals surface area contributed by atoms with Crippen molar-refractivity contribution in [3.05, 3.63) is 59.7 Å². The number of aromatic nitrogens is 3. The molecule has 0 unspecified atom stereocenters. The third-order valence-corrected chi connectivity index (χ3v) is 4.98. The predicted molar refractivity (Wildman–Crippen MR) is 115 cm³/mol. The second kappa shape index (κ2) is 8.98. The molecule has 0 aliphatic carbocycles. The fraction of sp³-hybridized carbons (Fsp3) is 0.273. The van der Waals surface area contributed by atoms with Crippen LogP contribution in [0.25, 0.3) is 11.4 Å². The fourth-order valence-electron chi connectivity index (χ4n) is 3.22. The van der Waals surface area contributed by atoms with E-state index in [0.29, 0.717) is 37.1 Å². The summed E-state index contributed by atoms with van der Waals surface area (Å²) in [6.07, 6.45) is 6.56. The van der Waals surface area contributed by atoms with Gasteiger partial charge >= 0.3 is 0 Å². The number of hydrogen-bond acceptors (Lipinski definition) is 8. The van der Waals surface area contributed by atoms with E-state index < -0.39 is 0 Å². The maximum absolute atomic E-state index is 7.60. The zero-order chi connectivity index (χ0) is 20.9. The SMILES string of the molecule is Cc1ncc(N2CCOCC2)cc1Oc1cc(C=N)ccc1-c1ncc(CN)cn1. The lowest BCUT2D eigenvalue weighted by molar-refractivity contribution is 0.122. The predicted octanol–water partition coefficient (Wildman–Crippen LogP) is 2.93. The van der Waals surface area contributed by atoms with Crippen LogP contribution in [0.5, 0.6) is 11.5 Å². The first-order valence-corrected chi connectivity index (χ1v) is 9.81. The van der Waals surface area contributed by atoms with Crippen LogP contribution < -0.4 is 15.4 Å². The van der Waals surface area contributed by atoms with Gasteiger partial charge in [0.15, 0.2) is 11.6 Å². The van der Waals surface area contributed by atoms with Crippen molar-refractivity contribution in [3.63, 3.8) is 0 Å². The summed E-state index contributed by atoms with van der Waals surface area (Å²) in [5.41, 5.74) is 9.74. The zero-order valence-corrected chi connectivity index (χ0v) is 16.8. The second-order valence-electron chi connectivity index (χ2n) is 7.00. The third kappa shape index (κ3) is 4.29. The van der Waals surface area contributed by atoms with Crippen LogP contribution in [-0.4, -0.2) is 47.5 Å². The molecule has 154 valence electrons. The van der Waals surface area contributed by atoms with E-state index in [9.17, 15) is 0 Å². The van der Waals surface area contributed by atoms with Gasteiger partial charge in [0, 0.05) is 49.9 Å². The van der Waals surface area contributed by atoms with Crippen LogP contribution in [0.3, 0.4) is 0 Å². The maximum atomic E-state index is 7.60. The average molecular weight is 404 g/mol. The average Bonchev–Trinajstić information content (AvgIpc) is 2.81. The lowest BCUT2D eigenvalue weighted by atomic mass is 10.1. The van der Waals surface area contributed by atoms with E-state index in [1.807, 2.05) is 37.4 Å². The highest BCUT2D eigenvalue weighted by Gasteiger charge is 2.16. The van der Waals surface area contributed by atoms with Gasteiger partial charge in [-0.05, 0) is 24.6 Å². The molecule has 8 nitrogen and oxygen atoms in total. The summed E-state index contributed by atoms with van der Waals surface area (Å²) < 4.78 is 11.7. The van der Waals surface area contributed by atoms with E-state index in [1.54, 1.807) is 12.4 Å². The Morgan fingerprint density at radius 1 is 1.10 bits per heavy atom. The van der Waals surface area contributed by atoms with Crippen LogP contribution in [-0.2, 0) is 11.3 Å². The Morgan fingerprint density at radius 3 is 2.57 bits per heavy atom. The van der Waals surface area contributed by atoms with Crippen molar-refractivity contribution in [2.75, 3.05) is 31.2 Å². The Labute approximate surface area is 175 Å². The van der Waals surface area contributed by atoms with Gasteiger partial charge in [-0.25, -0.2) is 9.97 Å². The third-order valence-electron chi connectivity index (χ3n) is 4.98. The maximum Gasteiger partial charge on any atom is 0.162 e. The highest BCUT2D eigenvalue weighted by Crippen LogP contribution is 2.34. The van der Waals surface area contributed by atoms with E-state index >= 15 is 0 Å². The van der Waals surface area contributed by atoms with E-state index in [4.69, 9.17) is 20.6 Å². The van der Waals surface area contributed by atoms with E-state index in [2.05, 4.69) is 19.9 Å². The van der Waals surface area contributed by atoms with Crippen LogP contribution in [0.2, 0.25) is 0 Å². The van der Waals surface area contributed by atoms with E-state index in [1.165, 1.54) is 6.21 Å². The molecular formula is C22H24N6O2. The van der Waals surface area contributed by atoms with Gasteiger partial charge in [0.1, 0.15) is 5.75 Å². The minimum atomic E-state index is 0.384. The molecule has 0 spiro atoms. The number of nitrogens with zero attached hydrogens (tertiary/aromatic N) is 4. The highest BCUT2D eigenvalue weighted by molar-refractivity contribution is 5.80. The van der Waals surface area contributed by atoms with Crippen LogP contribution in [0, 0.1) is 12.3 Å². The summed E-state index contributed by atoms with van der Waals surface area (Å²) in [5.74, 6) is 1.76. The first-order valence-electron chi connectivity index (χ1n) is 9.81. The number of aryl methyl sites for hydroxylation is 1. The number of morpholine rings is 1. The van der Waals surface area contributed by atoms with Crippen molar-refractivity contribution in [1.29, 1.82) is 5.41 Å². The minimum Gasteiger partial charge on any atom is -0.455 e. The minimum absolute atomic E-state index is 0.384. The molecule has 0 atom stereocenters. The summed E-state index contributed by atoms with van der Waals surface area (Å²) in [5, 5.41) is 7.60. The Hall–Kier alpha value is -3.36. The monoisotopic (exact) mass is 404 g/mol. The lowest BCUT2D eigenvalue weighted by Gasteiger charge is -2.29. The van der Waals surface area contributed by atoms with Crippen molar-refractivity contribution >= 4 is 11.9 Å². The molecule has 1 saturated heterocycles. The van der Waals surface area contributed by atoms with Gasteiger partial charge in [-0.2, -0.15) is 0 Å². The van der Waals surface area contributed by atoms with Gasteiger partial charge in [0.05, 0.1) is 36.4 Å². The topological polar surface area (TPSA) is 110 Å². The molecule has 0 radical (unpaired) electrons. The number of nitrogens with one attached hydrogen (secondary N) is 1. The molecule has 0 amide bonds. The molecular weight excluding hydrogens is 380 g/mol. The van der Waals surface area contributed by atoms with Crippen LogP contribution >= 0.6 is 0 Å². The smallest absolute Gasteiger partial charge is 0.162 e. The second-order valence-corrected chi connectivity index (χ2v) is 7.00. The van der Waals surface area contributed by atoms with Crippen molar-refractivity contribution in [1.82, 2.24) is 15.0 Å². The largest absolute Gasteiger partial charge is 0.455 e. The molecule has 1 aliphatic rings. The first kappa shape index (κ1) is 19.9. The molecule has 2 aromatic heterocycles. The Balaban J connectivity index is 1.70. The van der Waals surface area contributed by atoms with E-state index in [-0.39, 0.29) is 0 Å². The van der Waals surface area contributed by atoms with Crippen molar-refractivity contribution in [2.45, 2.75) is 13.5 Å². The molecule has 30 heavy (non-hydrogen) atoms. The number of pyridine rings is 1. The molecule has 1 fully saturated rings. The first-order chi connectivity index (χ1) is 14.7. The number of benzene rings is 1. The van der Waals surface area contributed by atoms with Gasteiger partial charge in [-0.1, -0.05) is 6.07 Å². The van der Waals surface area contributed by atoms with Gasteiger partial charge < -0.3 is 25.5 Å². The van der Waals surface area contributed by atoms with Crippen LogP contribution in [0.1, 0.15) is 16.8 Å². The van der Waals surface area contributed by atoms with Crippen molar-refractivity contribution in [2.24, 2.45) is 5.73 Å². The Bertz CT molecular complexity index is 1030. The summed E-state index contributed by atoms with van der Waals surface area (Å²) >= 11 is 0. The van der Waals surface area contributed by atoms with Crippen molar-refractivity contribution in [3.8, 4) is 22.9 Å². The summed E-state index contributed by atoms with van der Waals surface area (Å²) in [6, 6.07) is 7.50. The Morgan fingerprint density at radius 2 is 1.87 bits per heavy atom. The number of anilines is 1. The van der Waals surface area contributed by atoms with Gasteiger partial charge in [-0.15, -0.1) is 0 Å². The summed E-state index contributed by atoms with van der Waals surface area (Å²) in [6.45, 7) is 5.33. The number of ether oxygens (including phenoxy) is 2. The van der Waals surface area contributed by atoms with Gasteiger partial charge in [0.25, 0.3) is 0 Å². The molecule has 3 aromatic rings. The summed E-state index contributed by atoms with van der Waals surface area (Å²) in [4.78, 5) is 15.6. The van der Waals surface area contributed by atoms with E-state index in [0.717, 1.165) is 41.2 Å². The number of rotatable bonds is 6. The standard InChI is InChI=1S/C22H24N6O2/c1-15-20(9-18(14-25-15)28-4-6-29-7-5-28)30-21-8-16(10-23)2-3-19(21)22-26-12-17(11-24)13-27-22/h2-3,8-10,12-14,23H,4-7,11,24H2,1H3. The summed E-state index contributed by atoms with van der Waals surface area (Å²) in [7, 11) is 0. The van der Waals surface area contributed by atoms with Gasteiger partial charge in [0.2, 0.25) is 0 Å². The molecule has 1 aliphatic heterocycles. The zero-order valence-electron chi connectivity index (χ0n) is 16.8. The lowest BCUT2D eigenvalue weighted by Crippen LogP contribution is -2.36. The van der Waals surface area contributed by atoms with Crippen LogP contribution in [0.15, 0.2) is 42.9 Å². The molecule has 1 aromatic carbocycles. The van der Waals surface area contributed by atoms with Gasteiger partial charge in [-0.3, -0.25) is 4.98 Å². The molecule has 4 rings (SSSR count). The number of hydrogen-bond donors (Lipinski definition) is 2. The normalized spacial score (nSPS) is 13.9. The number of nitrogens with two attached hydrogens (primary N) is 1. The fourth-order valence-corrected chi connectivity index (χ4v) is 3.22. The highest BCUT2D eigenvalue weighted by atomic mass is 16.5. The molecule has 0 bridgehead atoms.